The normalized spacial score (nSPS) is 11.5. The van der Waals surface area contributed by atoms with Crippen LogP contribution >= 0.6 is 11.3 Å². The summed E-state index contributed by atoms with van der Waals surface area (Å²) in [6.45, 7) is 6.71. The number of benzene rings is 1. The highest BCUT2D eigenvalue weighted by Gasteiger charge is 2.04. The van der Waals surface area contributed by atoms with E-state index in [2.05, 4.69) is 48.4 Å². The Morgan fingerprint density at radius 3 is 2.72 bits per heavy atom. The van der Waals surface area contributed by atoms with Crippen molar-refractivity contribution in [3.05, 3.63) is 29.3 Å². The third-order valence-electron chi connectivity index (χ3n) is 3.44. The van der Waals surface area contributed by atoms with Crippen molar-refractivity contribution in [1.29, 1.82) is 0 Å². The van der Waals surface area contributed by atoms with Gasteiger partial charge in [0.15, 0.2) is 0 Å². The minimum Gasteiger partial charge on any atom is -0.316 e. The molecule has 1 heterocycles. The quantitative estimate of drug-likeness (QED) is 0.766. The van der Waals surface area contributed by atoms with Crippen molar-refractivity contribution in [3.63, 3.8) is 0 Å². The van der Waals surface area contributed by atoms with Crippen molar-refractivity contribution in [1.82, 2.24) is 10.3 Å². The van der Waals surface area contributed by atoms with E-state index in [0.717, 1.165) is 30.9 Å². The first-order valence-corrected chi connectivity index (χ1v) is 7.70. The lowest BCUT2D eigenvalue weighted by Gasteiger charge is -2.12. The van der Waals surface area contributed by atoms with Crippen molar-refractivity contribution >= 4 is 21.6 Å². The van der Waals surface area contributed by atoms with Gasteiger partial charge in [-0.1, -0.05) is 38.8 Å². The Morgan fingerprint density at radius 2 is 2.00 bits per heavy atom. The molecule has 0 fully saturated rings. The third-order valence-corrected chi connectivity index (χ3v) is 4.54. The molecule has 3 heteroatoms. The van der Waals surface area contributed by atoms with Gasteiger partial charge >= 0.3 is 0 Å². The second-order valence-corrected chi connectivity index (χ2v) is 5.83. The summed E-state index contributed by atoms with van der Waals surface area (Å²) in [5.74, 6) is 0.820. The molecule has 0 bridgehead atoms. The van der Waals surface area contributed by atoms with Gasteiger partial charge in [0.2, 0.25) is 0 Å². The molecule has 0 aliphatic carbocycles. The molecule has 0 amide bonds. The molecule has 98 valence electrons. The van der Waals surface area contributed by atoms with Crippen LogP contribution in [0, 0.1) is 5.92 Å². The molecule has 0 aliphatic heterocycles. The fourth-order valence-electron chi connectivity index (χ4n) is 2.11. The van der Waals surface area contributed by atoms with Crippen molar-refractivity contribution in [2.75, 3.05) is 13.1 Å². The number of fused-ring (bicyclic) bond motifs is 1. The predicted molar refractivity (Wildman–Crippen MR) is 80.3 cm³/mol. The maximum absolute atomic E-state index is 4.65. The van der Waals surface area contributed by atoms with E-state index < -0.39 is 0 Å². The maximum Gasteiger partial charge on any atom is 0.0951 e. The lowest BCUT2D eigenvalue weighted by Crippen LogP contribution is -2.24. The third kappa shape index (κ3) is 3.53. The maximum atomic E-state index is 4.65. The smallest absolute Gasteiger partial charge is 0.0951 e. The highest BCUT2D eigenvalue weighted by atomic mass is 32.1. The SMILES string of the molecule is CCC(CC)CNCCc1nc2ccccc2s1. The van der Waals surface area contributed by atoms with Crippen LogP contribution < -0.4 is 5.32 Å². The van der Waals surface area contributed by atoms with E-state index in [1.165, 1.54) is 22.5 Å². The summed E-state index contributed by atoms with van der Waals surface area (Å²) < 4.78 is 1.30. The molecule has 2 rings (SSSR count). The number of para-hydroxylation sites is 1. The van der Waals surface area contributed by atoms with Gasteiger partial charge in [-0.05, 0) is 24.6 Å². The van der Waals surface area contributed by atoms with Crippen LogP contribution in [0.2, 0.25) is 0 Å². The lowest BCUT2D eigenvalue weighted by atomic mass is 10.0. The van der Waals surface area contributed by atoms with E-state index in [9.17, 15) is 0 Å². The van der Waals surface area contributed by atoms with Crippen LogP contribution in [0.15, 0.2) is 24.3 Å². The molecule has 1 aromatic carbocycles. The molecular formula is C15H22N2S. The fraction of sp³-hybridized carbons (Fsp3) is 0.533. The minimum atomic E-state index is 0.820. The zero-order valence-corrected chi connectivity index (χ0v) is 12.1. The van der Waals surface area contributed by atoms with Crippen molar-refractivity contribution < 1.29 is 0 Å². The number of nitrogens with zero attached hydrogens (tertiary/aromatic N) is 1. The van der Waals surface area contributed by atoms with Crippen LogP contribution in [-0.2, 0) is 6.42 Å². The molecule has 2 aromatic rings. The fourth-order valence-corrected chi connectivity index (χ4v) is 3.07. The predicted octanol–water partition coefficient (Wildman–Crippen LogP) is 3.86. The molecule has 0 saturated heterocycles. The van der Waals surface area contributed by atoms with Crippen LogP contribution in [0.4, 0.5) is 0 Å². The molecule has 1 N–H and O–H groups in total. The van der Waals surface area contributed by atoms with Gasteiger partial charge in [-0.15, -0.1) is 11.3 Å². The largest absolute Gasteiger partial charge is 0.316 e. The topological polar surface area (TPSA) is 24.9 Å². The van der Waals surface area contributed by atoms with E-state index in [4.69, 9.17) is 0 Å². The molecule has 18 heavy (non-hydrogen) atoms. The van der Waals surface area contributed by atoms with Crippen LogP contribution in [-0.4, -0.2) is 18.1 Å². The summed E-state index contributed by atoms with van der Waals surface area (Å²) in [5, 5.41) is 4.79. The van der Waals surface area contributed by atoms with Crippen molar-refractivity contribution in [2.45, 2.75) is 33.1 Å². The second kappa shape index (κ2) is 6.86. The summed E-state index contributed by atoms with van der Waals surface area (Å²) >= 11 is 1.82. The second-order valence-electron chi connectivity index (χ2n) is 4.71. The van der Waals surface area contributed by atoms with E-state index >= 15 is 0 Å². The Morgan fingerprint density at radius 1 is 1.22 bits per heavy atom. The van der Waals surface area contributed by atoms with Gasteiger partial charge in [-0.3, -0.25) is 0 Å². The van der Waals surface area contributed by atoms with E-state index in [0.29, 0.717) is 0 Å². The number of nitrogens with one attached hydrogen (secondary N) is 1. The van der Waals surface area contributed by atoms with Gasteiger partial charge in [0, 0.05) is 13.0 Å². The van der Waals surface area contributed by atoms with Gasteiger partial charge in [0.1, 0.15) is 0 Å². The summed E-state index contributed by atoms with van der Waals surface area (Å²) in [6.07, 6.45) is 3.58. The lowest BCUT2D eigenvalue weighted by molar-refractivity contribution is 0.452. The van der Waals surface area contributed by atoms with Gasteiger partial charge in [-0.2, -0.15) is 0 Å². The summed E-state index contributed by atoms with van der Waals surface area (Å²) in [4.78, 5) is 4.65. The monoisotopic (exact) mass is 262 g/mol. The summed E-state index contributed by atoms with van der Waals surface area (Å²) in [7, 11) is 0. The Bertz CT molecular complexity index is 441. The number of hydrogen-bond donors (Lipinski definition) is 1. The molecule has 0 unspecified atom stereocenters. The average Bonchev–Trinajstić information content (AvgIpc) is 2.81. The van der Waals surface area contributed by atoms with Gasteiger partial charge in [0.05, 0.1) is 15.2 Å². The van der Waals surface area contributed by atoms with Gasteiger partial charge < -0.3 is 5.32 Å². The van der Waals surface area contributed by atoms with Gasteiger partial charge in [-0.25, -0.2) is 4.98 Å². The van der Waals surface area contributed by atoms with Crippen molar-refractivity contribution in [3.8, 4) is 0 Å². The summed E-state index contributed by atoms with van der Waals surface area (Å²) in [6, 6.07) is 8.37. The molecule has 0 saturated carbocycles. The van der Waals surface area contributed by atoms with E-state index in [-0.39, 0.29) is 0 Å². The number of hydrogen-bond acceptors (Lipinski definition) is 3. The van der Waals surface area contributed by atoms with Crippen molar-refractivity contribution in [2.24, 2.45) is 5.92 Å². The molecule has 2 nitrogen and oxygen atoms in total. The van der Waals surface area contributed by atoms with Gasteiger partial charge in [0.25, 0.3) is 0 Å². The molecule has 0 radical (unpaired) electrons. The first-order valence-electron chi connectivity index (χ1n) is 6.88. The number of rotatable bonds is 7. The zero-order chi connectivity index (χ0) is 12.8. The number of thiazole rings is 1. The standard InChI is InChI=1S/C15H22N2S/c1-3-12(4-2)11-16-10-9-15-17-13-7-5-6-8-14(13)18-15/h5-8,12,16H,3-4,9-11H2,1-2H3. The first kappa shape index (κ1) is 13.5. The van der Waals surface area contributed by atoms with Crippen LogP contribution in [0.5, 0.6) is 0 Å². The molecule has 0 aliphatic rings. The number of aromatic nitrogens is 1. The Hall–Kier alpha value is -0.930. The molecule has 0 atom stereocenters. The minimum absolute atomic E-state index is 0.820. The molecule has 0 spiro atoms. The Balaban J connectivity index is 1.80. The molecular weight excluding hydrogens is 240 g/mol. The van der Waals surface area contributed by atoms with E-state index in [1.54, 1.807) is 0 Å². The average molecular weight is 262 g/mol. The van der Waals surface area contributed by atoms with Crippen LogP contribution in [0.1, 0.15) is 31.7 Å². The summed E-state index contributed by atoms with van der Waals surface area (Å²) in [5.41, 5.74) is 1.14. The van der Waals surface area contributed by atoms with Crippen LogP contribution in [0.25, 0.3) is 10.2 Å². The zero-order valence-electron chi connectivity index (χ0n) is 11.3. The highest BCUT2D eigenvalue weighted by Crippen LogP contribution is 2.21. The molecule has 1 aromatic heterocycles. The Kier molecular flexibility index (Phi) is 5.14. The first-order chi connectivity index (χ1) is 8.83. The van der Waals surface area contributed by atoms with Crippen LogP contribution in [0.3, 0.4) is 0 Å². The highest BCUT2D eigenvalue weighted by molar-refractivity contribution is 7.18. The van der Waals surface area contributed by atoms with E-state index in [1.807, 2.05) is 11.3 Å². The Labute approximate surface area is 113 Å².